The molecule has 0 aromatic carbocycles. The predicted molar refractivity (Wildman–Crippen MR) is 214 cm³/mol. The fraction of sp³-hybridized carbons (Fsp3) is 0.846. The molecule has 0 saturated carbocycles. The number of carbonyl (C=O) groups excluding carboxylic acids is 5. The zero-order valence-corrected chi connectivity index (χ0v) is 34.2. The van der Waals surface area contributed by atoms with E-state index in [1.54, 1.807) is 0 Å². The van der Waals surface area contributed by atoms with E-state index in [1.165, 1.54) is 71.6 Å². The van der Waals surface area contributed by atoms with Crippen molar-refractivity contribution in [3.05, 3.63) is 0 Å². The first-order valence-electron chi connectivity index (χ1n) is 20.8. The molecule has 0 fully saturated rings. The summed E-state index contributed by atoms with van der Waals surface area (Å²) in [6, 6.07) is -7.25. The molecule has 17 nitrogen and oxygen atoms in total. The van der Waals surface area contributed by atoms with Crippen LogP contribution in [0.4, 0.5) is 0 Å². The van der Waals surface area contributed by atoms with Crippen molar-refractivity contribution in [1.82, 2.24) is 26.6 Å². The summed E-state index contributed by atoms with van der Waals surface area (Å²) in [5, 5.41) is 51.6. The van der Waals surface area contributed by atoms with Crippen LogP contribution in [0.2, 0.25) is 0 Å². The molecule has 7 atom stereocenters. The van der Waals surface area contributed by atoms with Crippen molar-refractivity contribution in [3.8, 4) is 0 Å². The summed E-state index contributed by atoms with van der Waals surface area (Å²) in [4.78, 5) is 77.3. The molecular weight excluding hydrogens is 726 g/mol. The average Bonchev–Trinajstić information content (AvgIpc) is 3.15. The van der Waals surface area contributed by atoms with Gasteiger partial charge in [0.15, 0.2) is 0 Å². The van der Waals surface area contributed by atoms with Gasteiger partial charge >= 0.3 is 5.97 Å². The molecule has 56 heavy (non-hydrogen) atoms. The summed E-state index contributed by atoms with van der Waals surface area (Å²) in [6.07, 6.45) is 14.6. The van der Waals surface area contributed by atoms with Gasteiger partial charge in [0.05, 0.1) is 18.8 Å². The molecule has 0 spiro atoms. The van der Waals surface area contributed by atoms with Crippen molar-refractivity contribution >= 4 is 35.5 Å². The highest BCUT2D eigenvalue weighted by molar-refractivity contribution is 5.96. The molecule has 326 valence electrons. The molecule has 0 aliphatic rings. The number of carboxylic acids is 1. The van der Waals surface area contributed by atoms with E-state index in [0.717, 1.165) is 19.3 Å². The van der Waals surface area contributed by atoms with Gasteiger partial charge in [-0.05, 0) is 71.9 Å². The lowest BCUT2D eigenvalue weighted by atomic mass is 10.0. The normalized spacial score (nSPS) is 15.0. The number of nitrogens with one attached hydrogen (secondary N) is 5. The van der Waals surface area contributed by atoms with E-state index in [1.807, 2.05) is 0 Å². The fourth-order valence-electron chi connectivity index (χ4n) is 6.12. The topological polar surface area (TPSA) is 296 Å². The minimum atomic E-state index is -1.67. The number of amides is 5. The van der Waals surface area contributed by atoms with Crippen LogP contribution in [0.1, 0.15) is 149 Å². The molecule has 17 heteroatoms. The summed E-state index contributed by atoms with van der Waals surface area (Å²) in [7, 11) is 0. The molecule has 1 unspecified atom stereocenters. The first-order chi connectivity index (χ1) is 26.7. The van der Waals surface area contributed by atoms with E-state index < -0.39 is 78.6 Å². The summed E-state index contributed by atoms with van der Waals surface area (Å²) < 4.78 is 0. The lowest BCUT2D eigenvalue weighted by Crippen LogP contribution is -2.62. The minimum absolute atomic E-state index is 0.0238. The lowest BCUT2D eigenvalue weighted by Gasteiger charge is -2.29. The Morgan fingerprint density at radius 2 is 0.875 bits per heavy atom. The number of unbranched alkanes of at least 4 members (excludes halogenated alkanes) is 14. The van der Waals surface area contributed by atoms with E-state index >= 15 is 0 Å². The Balaban J connectivity index is 5.38. The van der Waals surface area contributed by atoms with Gasteiger partial charge in [-0.25, -0.2) is 4.79 Å². The molecule has 0 rings (SSSR count). The molecule has 5 amide bonds. The van der Waals surface area contributed by atoms with E-state index in [2.05, 4.69) is 33.5 Å². The van der Waals surface area contributed by atoms with Crippen LogP contribution in [0.5, 0.6) is 0 Å². The summed E-state index contributed by atoms with van der Waals surface area (Å²) in [6.45, 7) is 4.43. The van der Waals surface area contributed by atoms with Crippen molar-refractivity contribution in [1.29, 1.82) is 0 Å². The number of nitrogens with two attached hydrogens (primary N) is 2. The van der Waals surface area contributed by atoms with Crippen molar-refractivity contribution in [2.75, 3.05) is 19.7 Å². The van der Waals surface area contributed by atoms with Crippen LogP contribution < -0.4 is 38.1 Å². The molecule has 13 N–H and O–H groups in total. The number of aliphatic hydroxyl groups excluding tert-OH is 3. The van der Waals surface area contributed by atoms with E-state index in [-0.39, 0.29) is 31.7 Å². The molecule has 0 heterocycles. The number of hydrogen-bond acceptors (Lipinski definition) is 11. The number of carbonyl (C=O) groups is 6. The second kappa shape index (κ2) is 32.7. The molecule has 0 radical (unpaired) electrons. The van der Waals surface area contributed by atoms with Gasteiger partial charge in [-0.2, -0.15) is 0 Å². The van der Waals surface area contributed by atoms with Crippen LogP contribution in [0.25, 0.3) is 0 Å². The largest absolute Gasteiger partial charge is 0.480 e. The van der Waals surface area contributed by atoms with E-state index in [0.29, 0.717) is 38.6 Å². The third-order valence-electron chi connectivity index (χ3n) is 9.61. The predicted octanol–water partition coefficient (Wildman–Crippen LogP) is 0.988. The Morgan fingerprint density at radius 1 is 0.500 bits per heavy atom. The first kappa shape index (κ1) is 52.6. The maximum Gasteiger partial charge on any atom is 0.328 e. The first-order valence-corrected chi connectivity index (χ1v) is 20.8. The number of hydrogen-bond donors (Lipinski definition) is 11. The highest BCUT2D eigenvalue weighted by atomic mass is 16.4. The minimum Gasteiger partial charge on any atom is -0.480 e. The highest BCUT2D eigenvalue weighted by Crippen LogP contribution is 2.13. The molecule has 0 saturated heterocycles. The average molecular weight is 802 g/mol. The molecule has 0 aromatic rings. The van der Waals surface area contributed by atoms with Gasteiger partial charge in [0, 0.05) is 6.42 Å². The third-order valence-corrected chi connectivity index (χ3v) is 9.61. The van der Waals surface area contributed by atoms with Crippen LogP contribution in [0.15, 0.2) is 0 Å². The van der Waals surface area contributed by atoms with Crippen molar-refractivity contribution in [2.24, 2.45) is 11.5 Å². The van der Waals surface area contributed by atoms with E-state index in [4.69, 9.17) is 11.5 Å². The zero-order valence-electron chi connectivity index (χ0n) is 34.2. The maximum absolute atomic E-state index is 13.5. The van der Waals surface area contributed by atoms with Crippen LogP contribution in [0, 0.1) is 0 Å². The third kappa shape index (κ3) is 24.3. The van der Waals surface area contributed by atoms with Gasteiger partial charge < -0.3 is 58.5 Å². The van der Waals surface area contributed by atoms with E-state index in [9.17, 15) is 49.2 Å². The van der Waals surface area contributed by atoms with Crippen molar-refractivity contribution in [3.63, 3.8) is 0 Å². The summed E-state index contributed by atoms with van der Waals surface area (Å²) in [5.74, 6) is -5.49. The Bertz CT molecular complexity index is 1130. The van der Waals surface area contributed by atoms with Crippen molar-refractivity contribution < 1.29 is 49.2 Å². The SMILES string of the molecule is CCCCCCCCCCCCCCCC(=O)N[C@@H](CCCCN)C(=O)NC(C(=O)N[C@H](C(=O)N[C@@H](CCCCN)C(=O)N[C@@H](CO)C(=O)O)[C@@H](C)O)[C@@H](C)O. The molecule has 0 bridgehead atoms. The second-order valence-corrected chi connectivity index (χ2v) is 14.8. The van der Waals surface area contributed by atoms with Crippen LogP contribution >= 0.6 is 0 Å². The molecule has 0 aliphatic carbocycles. The van der Waals surface area contributed by atoms with Crippen LogP contribution in [0.3, 0.4) is 0 Å². The van der Waals surface area contributed by atoms with Gasteiger partial charge in [-0.1, -0.05) is 84.0 Å². The van der Waals surface area contributed by atoms with Gasteiger partial charge in [0.25, 0.3) is 0 Å². The van der Waals surface area contributed by atoms with Gasteiger partial charge in [-0.15, -0.1) is 0 Å². The Hall–Kier alpha value is -3.38. The maximum atomic E-state index is 13.5. The number of rotatable bonds is 35. The Morgan fingerprint density at radius 3 is 1.29 bits per heavy atom. The highest BCUT2D eigenvalue weighted by Gasteiger charge is 2.35. The molecule has 0 aliphatic heterocycles. The lowest BCUT2D eigenvalue weighted by molar-refractivity contribution is -0.143. The quantitative estimate of drug-likeness (QED) is 0.0400. The van der Waals surface area contributed by atoms with Crippen LogP contribution in [-0.4, -0.2) is 118 Å². The summed E-state index contributed by atoms with van der Waals surface area (Å²) in [5.41, 5.74) is 11.2. The van der Waals surface area contributed by atoms with Gasteiger partial charge in [0.2, 0.25) is 29.5 Å². The monoisotopic (exact) mass is 802 g/mol. The Kier molecular flexibility index (Phi) is 30.7. The Labute approximate surface area is 333 Å². The number of carboxylic acid groups (broad SMARTS) is 1. The standard InChI is InChI=1S/C39H75N7O10/c1-4-5-6-7-8-9-10-11-12-13-14-15-16-23-32(50)42-29(21-17-19-24-40)36(52)45-34(28(3)49)38(54)46-33(27(2)48)37(53)43-30(22-18-20-25-41)35(51)44-31(26-47)39(55)56/h27-31,33-34,47-49H,4-26,40-41H2,1-3H3,(H,42,50)(H,43,53)(H,44,51)(H,45,52)(H,46,54)(H,55,56)/t27-,28-,29+,30+,31+,33+,34?/m1/s1. The molecular formula is C39H75N7O10. The van der Waals surface area contributed by atoms with Crippen molar-refractivity contribution in [2.45, 2.75) is 192 Å². The smallest absolute Gasteiger partial charge is 0.328 e. The number of aliphatic hydroxyl groups is 3. The zero-order chi connectivity index (χ0) is 42.3. The summed E-state index contributed by atoms with van der Waals surface area (Å²) >= 11 is 0. The second-order valence-electron chi connectivity index (χ2n) is 14.8. The van der Waals surface area contributed by atoms with Crippen LogP contribution in [-0.2, 0) is 28.8 Å². The van der Waals surface area contributed by atoms with Gasteiger partial charge in [-0.3, -0.25) is 24.0 Å². The fourth-order valence-corrected chi connectivity index (χ4v) is 6.12. The molecule has 0 aromatic heterocycles. The van der Waals surface area contributed by atoms with Gasteiger partial charge in [0.1, 0.15) is 30.2 Å². The number of aliphatic carboxylic acids is 1.